The van der Waals surface area contributed by atoms with Gasteiger partial charge < -0.3 is 11.1 Å². The lowest BCUT2D eigenvalue weighted by molar-refractivity contribution is -0.124. The normalized spacial score (nSPS) is 24.2. The van der Waals surface area contributed by atoms with Crippen molar-refractivity contribution in [1.82, 2.24) is 5.32 Å². The fraction of sp³-hybridized carbons (Fsp3) is 0.750. The lowest BCUT2D eigenvalue weighted by Crippen LogP contribution is -2.35. The summed E-state index contributed by atoms with van der Waals surface area (Å²) < 4.78 is 11.9. The first kappa shape index (κ1) is 10.1. The molecule has 3 N–H and O–H groups in total. The van der Waals surface area contributed by atoms with Crippen LogP contribution in [0.1, 0.15) is 12.8 Å². The summed E-state index contributed by atoms with van der Waals surface area (Å²) in [4.78, 5) is 21.8. The maximum Gasteiger partial charge on any atom is 0.223 e. The molecule has 13 heavy (non-hydrogen) atoms. The number of carbonyl (C=O) groups excluding carboxylic acids is 2. The Balaban J connectivity index is 2.39. The van der Waals surface area contributed by atoms with Crippen LogP contribution in [0.15, 0.2) is 0 Å². The minimum Gasteiger partial charge on any atom is -0.356 e. The molecule has 2 unspecified atom stereocenters. The summed E-state index contributed by atoms with van der Waals surface area (Å²) in [5, 5.41) is 2.63. The van der Waals surface area contributed by atoms with E-state index in [0.29, 0.717) is 13.0 Å². The predicted octanol–water partition coefficient (Wildman–Crippen LogP) is -0.622. The Bertz CT molecular complexity index is 220. The van der Waals surface area contributed by atoms with Crippen LogP contribution in [-0.2, 0) is 9.59 Å². The number of rotatable bonds is 4. The van der Waals surface area contributed by atoms with Crippen LogP contribution in [0.4, 0.5) is 4.39 Å². The van der Waals surface area contributed by atoms with Crippen LogP contribution in [-0.4, -0.2) is 31.0 Å². The summed E-state index contributed by atoms with van der Waals surface area (Å²) in [7, 11) is 0. The summed E-state index contributed by atoms with van der Waals surface area (Å²) in [5.74, 6) is -0.924. The van der Waals surface area contributed by atoms with E-state index in [1.54, 1.807) is 0 Å². The zero-order chi connectivity index (χ0) is 9.84. The number of halogens is 1. The molecule has 1 amide bonds. The van der Waals surface area contributed by atoms with Gasteiger partial charge in [-0.3, -0.25) is 9.59 Å². The molecule has 0 aliphatic carbocycles. The van der Waals surface area contributed by atoms with Gasteiger partial charge in [-0.25, -0.2) is 4.39 Å². The van der Waals surface area contributed by atoms with Gasteiger partial charge in [0.15, 0.2) is 5.78 Å². The molecule has 0 spiro atoms. The summed E-state index contributed by atoms with van der Waals surface area (Å²) in [6.07, 6.45) is 0.945. The number of nitrogens with one attached hydrogen (secondary N) is 1. The number of alkyl halides is 1. The van der Waals surface area contributed by atoms with Crippen molar-refractivity contribution in [2.24, 2.45) is 11.7 Å². The molecule has 0 radical (unpaired) electrons. The van der Waals surface area contributed by atoms with Gasteiger partial charge in [0.25, 0.3) is 0 Å². The number of hydrogen-bond acceptors (Lipinski definition) is 3. The standard InChI is InChI=1S/C8H13FN2O2/c9-4-7(12)6(10)3-5-1-2-11-8(5)13/h5-6H,1-4,10H2,(H,11,13). The zero-order valence-electron chi connectivity index (χ0n) is 7.25. The first-order valence-electron chi connectivity index (χ1n) is 4.27. The van der Waals surface area contributed by atoms with Crippen LogP contribution < -0.4 is 11.1 Å². The monoisotopic (exact) mass is 188 g/mol. The van der Waals surface area contributed by atoms with Crippen molar-refractivity contribution in [2.45, 2.75) is 18.9 Å². The van der Waals surface area contributed by atoms with Gasteiger partial charge in [0.05, 0.1) is 6.04 Å². The van der Waals surface area contributed by atoms with Crippen molar-refractivity contribution in [3.63, 3.8) is 0 Å². The van der Waals surface area contributed by atoms with Crippen molar-refractivity contribution >= 4 is 11.7 Å². The van der Waals surface area contributed by atoms with Gasteiger partial charge in [0, 0.05) is 12.5 Å². The number of amides is 1. The summed E-state index contributed by atoms with van der Waals surface area (Å²) in [5.41, 5.74) is 5.40. The van der Waals surface area contributed by atoms with Crippen LogP contribution in [0, 0.1) is 5.92 Å². The van der Waals surface area contributed by atoms with Gasteiger partial charge in [-0.1, -0.05) is 0 Å². The average Bonchev–Trinajstić information content (AvgIpc) is 2.50. The fourth-order valence-electron chi connectivity index (χ4n) is 1.41. The molecule has 1 rings (SSSR count). The van der Waals surface area contributed by atoms with Crippen molar-refractivity contribution in [3.05, 3.63) is 0 Å². The van der Waals surface area contributed by atoms with Crippen LogP contribution in [0.5, 0.6) is 0 Å². The van der Waals surface area contributed by atoms with E-state index in [0.717, 1.165) is 0 Å². The molecule has 4 nitrogen and oxygen atoms in total. The number of nitrogens with two attached hydrogens (primary N) is 1. The molecule has 0 aromatic heterocycles. The summed E-state index contributed by atoms with van der Waals surface area (Å²) in [6.45, 7) is -0.421. The minimum atomic E-state index is -1.05. The second-order valence-electron chi connectivity index (χ2n) is 3.22. The molecule has 0 saturated carbocycles. The van der Waals surface area contributed by atoms with E-state index >= 15 is 0 Å². The fourth-order valence-corrected chi connectivity index (χ4v) is 1.41. The van der Waals surface area contributed by atoms with E-state index in [2.05, 4.69) is 5.32 Å². The van der Waals surface area contributed by atoms with Gasteiger partial charge in [-0.2, -0.15) is 0 Å². The van der Waals surface area contributed by atoms with Gasteiger partial charge >= 0.3 is 0 Å². The minimum absolute atomic E-state index is 0.0814. The summed E-state index contributed by atoms with van der Waals surface area (Å²) in [6, 6.07) is -0.834. The number of carbonyl (C=O) groups is 2. The Kier molecular flexibility index (Phi) is 3.36. The van der Waals surface area contributed by atoms with Crippen LogP contribution >= 0.6 is 0 Å². The quantitative estimate of drug-likeness (QED) is 0.617. The highest BCUT2D eigenvalue weighted by molar-refractivity contribution is 5.86. The van der Waals surface area contributed by atoms with Gasteiger partial charge in [-0.05, 0) is 12.8 Å². The molecular formula is C8H13FN2O2. The van der Waals surface area contributed by atoms with Crippen molar-refractivity contribution in [1.29, 1.82) is 0 Å². The lowest BCUT2D eigenvalue weighted by atomic mass is 9.97. The zero-order valence-corrected chi connectivity index (χ0v) is 7.25. The molecule has 2 atom stereocenters. The maximum atomic E-state index is 11.9. The molecule has 74 valence electrons. The Hall–Kier alpha value is -0.970. The van der Waals surface area contributed by atoms with E-state index < -0.39 is 18.5 Å². The smallest absolute Gasteiger partial charge is 0.223 e. The van der Waals surface area contributed by atoms with Gasteiger partial charge in [0.2, 0.25) is 5.91 Å². The lowest BCUT2D eigenvalue weighted by Gasteiger charge is -2.11. The largest absolute Gasteiger partial charge is 0.356 e. The molecule has 1 fully saturated rings. The molecule has 1 aliphatic heterocycles. The van der Waals surface area contributed by atoms with Crippen LogP contribution in [0.2, 0.25) is 0 Å². The van der Waals surface area contributed by atoms with Crippen LogP contribution in [0.3, 0.4) is 0 Å². The maximum absolute atomic E-state index is 11.9. The van der Waals surface area contributed by atoms with Gasteiger partial charge in [0.1, 0.15) is 6.67 Å². The van der Waals surface area contributed by atoms with Crippen molar-refractivity contribution < 1.29 is 14.0 Å². The molecule has 5 heteroatoms. The second kappa shape index (κ2) is 4.32. The predicted molar refractivity (Wildman–Crippen MR) is 44.7 cm³/mol. The number of Topliss-reactive ketones (excluding diaryl/α,β-unsaturated/α-hetero) is 1. The average molecular weight is 188 g/mol. The Morgan fingerprint density at radius 1 is 1.77 bits per heavy atom. The van der Waals surface area contributed by atoms with Crippen molar-refractivity contribution in [2.75, 3.05) is 13.2 Å². The summed E-state index contributed by atoms with van der Waals surface area (Å²) >= 11 is 0. The number of hydrogen-bond donors (Lipinski definition) is 2. The first-order chi connectivity index (χ1) is 6.15. The van der Waals surface area contributed by atoms with E-state index in [4.69, 9.17) is 5.73 Å². The molecule has 0 aromatic carbocycles. The Morgan fingerprint density at radius 2 is 2.46 bits per heavy atom. The molecular weight excluding hydrogens is 175 g/mol. The second-order valence-corrected chi connectivity index (χ2v) is 3.22. The number of ketones is 1. The van der Waals surface area contributed by atoms with E-state index in [-0.39, 0.29) is 18.2 Å². The molecule has 0 bridgehead atoms. The third-order valence-corrected chi connectivity index (χ3v) is 2.25. The van der Waals surface area contributed by atoms with E-state index in [1.165, 1.54) is 0 Å². The highest BCUT2D eigenvalue weighted by atomic mass is 19.1. The Morgan fingerprint density at radius 3 is 2.92 bits per heavy atom. The highest BCUT2D eigenvalue weighted by Crippen LogP contribution is 2.15. The molecule has 1 heterocycles. The van der Waals surface area contributed by atoms with E-state index in [9.17, 15) is 14.0 Å². The Labute approximate surface area is 75.7 Å². The van der Waals surface area contributed by atoms with Crippen molar-refractivity contribution in [3.8, 4) is 0 Å². The topological polar surface area (TPSA) is 72.2 Å². The third-order valence-electron chi connectivity index (χ3n) is 2.25. The molecule has 0 aromatic rings. The first-order valence-corrected chi connectivity index (χ1v) is 4.27. The highest BCUT2D eigenvalue weighted by Gasteiger charge is 2.28. The molecule has 1 aliphatic rings. The van der Waals surface area contributed by atoms with E-state index in [1.807, 2.05) is 0 Å². The SMILES string of the molecule is NC(CC1CCNC1=O)C(=O)CF. The molecule has 1 saturated heterocycles. The third kappa shape index (κ3) is 2.48. The van der Waals surface area contributed by atoms with Gasteiger partial charge in [-0.15, -0.1) is 0 Å². The van der Waals surface area contributed by atoms with Crippen LogP contribution in [0.25, 0.3) is 0 Å².